The Bertz CT molecular complexity index is 454. The van der Waals surface area contributed by atoms with Crippen molar-refractivity contribution in [1.82, 2.24) is 20.1 Å². The van der Waals surface area contributed by atoms with Gasteiger partial charge in [-0.05, 0) is 12.8 Å². The minimum absolute atomic E-state index is 0.217. The smallest absolute Gasteiger partial charge is 0.312 e. The van der Waals surface area contributed by atoms with Gasteiger partial charge in [0.2, 0.25) is 0 Å². The van der Waals surface area contributed by atoms with Crippen LogP contribution in [0.2, 0.25) is 0 Å². The monoisotopic (exact) mass is 274 g/mol. The molecule has 4 nitrogen and oxygen atoms in total. The summed E-state index contributed by atoms with van der Waals surface area (Å²) in [5, 5.41) is 11.2. The topological polar surface area (TPSA) is 42.7 Å². The molecule has 1 aromatic rings. The number of alkyl halides is 3. The maximum atomic E-state index is 13.1. The largest absolute Gasteiger partial charge is 0.392 e. The predicted molar refractivity (Wildman–Crippen MR) is 62.5 cm³/mol. The lowest BCUT2D eigenvalue weighted by Gasteiger charge is -2.33. The van der Waals surface area contributed by atoms with E-state index >= 15 is 0 Å². The predicted octanol–water partition coefficient (Wildman–Crippen LogP) is 2.22. The van der Waals surface area contributed by atoms with Crippen molar-refractivity contribution in [3.05, 3.63) is 11.6 Å². The molecule has 2 heterocycles. The van der Waals surface area contributed by atoms with Gasteiger partial charge in [0, 0.05) is 19.0 Å². The van der Waals surface area contributed by atoms with Gasteiger partial charge in [0.1, 0.15) is 11.6 Å². The van der Waals surface area contributed by atoms with Crippen molar-refractivity contribution in [2.24, 2.45) is 5.92 Å². The molecule has 1 fully saturated rings. The van der Waals surface area contributed by atoms with Gasteiger partial charge in [-0.2, -0.15) is 13.2 Å². The lowest BCUT2D eigenvalue weighted by molar-refractivity contribution is -0.188. The Morgan fingerprint density at radius 2 is 1.95 bits per heavy atom. The third-order valence-corrected chi connectivity index (χ3v) is 4.17. The molecule has 0 radical (unpaired) electrons. The summed E-state index contributed by atoms with van der Waals surface area (Å²) in [6, 6.07) is 0. The van der Waals surface area contributed by atoms with E-state index in [1.54, 1.807) is 0 Å². The van der Waals surface area contributed by atoms with Crippen molar-refractivity contribution in [3.8, 4) is 0 Å². The first-order chi connectivity index (χ1) is 9.07. The Balaban J connectivity index is 1.93. The number of nitrogens with zero attached hydrogens (tertiary/aromatic N) is 3. The molecular formula is C12H17F3N4. The van der Waals surface area contributed by atoms with Crippen LogP contribution >= 0.6 is 0 Å². The first-order valence-corrected chi connectivity index (χ1v) is 6.77. The third kappa shape index (κ3) is 2.35. The van der Waals surface area contributed by atoms with E-state index in [1.165, 1.54) is 0 Å². The van der Waals surface area contributed by atoms with Crippen LogP contribution in [-0.4, -0.2) is 27.5 Å². The highest BCUT2D eigenvalue weighted by atomic mass is 19.4. The van der Waals surface area contributed by atoms with Gasteiger partial charge < -0.3 is 9.88 Å². The highest BCUT2D eigenvalue weighted by molar-refractivity contribution is 5.08. The molecule has 106 valence electrons. The van der Waals surface area contributed by atoms with E-state index in [-0.39, 0.29) is 6.42 Å². The Hall–Kier alpha value is -1.11. The van der Waals surface area contributed by atoms with Gasteiger partial charge >= 0.3 is 6.18 Å². The molecule has 1 aromatic heterocycles. The number of halogens is 3. The molecule has 0 amide bonds. The van der Waals surface area contributed by atoms with Crippen molar-refractivity contribution in [2.45, 2.75) is 50.9 Å². The molecule has 2 aliphatic rings. The molecule has 3 rings (SSSR count). The van der Waals surface area contributed by atoms with Crippen LogP contribution in [0.25, 0.3) is 0 Å². The highest BCUT2D eigenvalue weighted by Crippen LogP contribution is 2.46. The van der Waals surface area contributed by atoms with Crippen LogP contribution in [0.15, 0.2) is 0 Å². The molecule has 7 heteroatoms. The molecule has 1 aliphatic heterocycles. The Labute approximate surface area is 109 Å². The van der Waals surface area contributed by atoms with E-state index < -0.39 is 18.0 Å². The molecule has 0 bridgehead atoms. The van der Waals surface area contributed by atoms with Crippen LogP contribution in [0.5, 0.6) is 0 Å². The summed E-state index contributed by atoms with van der Waals surface area (Å²) in [6.45, 7) is 2.02. The zero-order valence-electron chi connectivity index (χ0n) is 10.6. The van der Waals surface area contributed by atoms with Gasteiger partial charge in [0.25, 0.3) is 0 Å². The average Bonchev–Trinajstić information content (AvgIpc) is 2.81. The summed E-state index contributed by atoms with van der Waals surface area (Å²) in [5.74, 6) is -0.483. The van der Waals surface area contributed by atoms with E-state index in [4.69, 9.17) is 0 Å². The van der Waals surface area contributed by atoms with Crippen LogP contribution in [0.3, 0.4) is 0 Å². The molecule has 0 spiro atoms. The standard InChI is InChI=1S/C12H17F3N4/c13-12(14,15)9-4-2-1-3-8(9)11-18-17-10-7-16-5-6-19(10)11/h8-9,16H,1-7H2. The van der Waals surface area contributed by atoms with E-state index in [0.29, 0.717) is 31.8 Å². The summed E-state index contributed by atoms with van der Waals surface area (Å²) < 4.78 is 41.3. The fourth-order valence-electron chi connectivity index (χ4n) is 3.22. The number of aromatic nitrogens is 3. The second-order valence-corrected chi connectivity index (χ2v) is 5.34. The van der Waals surface area contributed by atoms with E-state index in [2.05, 4.69) is 15.5 Å². The summed E-state index contributed by atoms with van der Waals surface area (Å²) in [5.41, 5.74) is 0. The van der Waals surface area contributed by atoms with Gasteiger partial charge in [-0.25, -0.2) is 0 Å². The van der Waals surface area contributed by atoms with E-state index in [0.717, 1.165) is 18.8 Å². The SMILES string of the molecule is FC(F)(F)C1CCCCC1c1nnc2n1CCNC2. The quantitative estimate of drug-likeness (QED) is 0.854. The van der Waals surface area contributed by atoms with Crippen molar-refractivity contribution in [2.75, 3.05) is 6.54 Å². The van der Waals surface area contributed by atoms with Crippen LogP contribution in [0, 0.1) is 5.92 Å². The number of rotatable bonds is 1. The molecular weight excluding hydrogens is 257 g/mol. The Morgan fingerprint density at radius 3 is 2.74 bits per heavy atom. The summed E-state index contributed by atoms with van der Waals surface area (Å²) in [4.78, 5) is 0. The number of hydrogen-bond acceptors (Lipinski definition) is 3. The maximum Gasteiger partial charge on any atom is 0.392 e. The number of fused-ring (bicyclic) bond motifs is 1. The van der Waals surface area contributed by atoms with Gasteiger partial charge in [0.15, 0.2) is 0 Å². The minimum Gasteiger partial charge on any atom is -0.312 e. The van der Waals surface area contributed by atoms with Gasteiger partial charge in [-0.3, -0.25) is 0 Å². The van der Waals surface area contributed by atoms with E-state index in [1.807, 2.05) is 4.57 Å². The minimum atomic E-state index is -4.13. The zero-order chi connectivity index (χ0) is 13.5. The normalized spacial score (nSPS) is 28.2. The molecule has 1 aliphatic carbocycles. The second-order valence-electron chi connectivity index (χ2n) is 5.34. The first kappa shape index (κ1) is 12.9. The molecule has 2 atom stereocenters. The summed E-state index contributed by atoms with van der Waals surface area (Å²) >= 11 is 0. The van der Waals surface area contributed by atoms with Crippen molar-refractivity contribution in [3.63, 3.8) is 0 Å². The van der Waals surface area contributed by atoms with Crippen LogP contribution in [0.1, 0.15) is 43.3 Å². The Kier molecular flexibility index (Phi) is 3.24. The molecule has 0 saturated heterocycles. The van der Waals surface area contributed by atoms with Crippen molar-refractivity contribution in [1.29, 1.82) is 0 Å². The Morgan fingerprint density at radius 1 is 1.16 bits per heavy atom. The maximum absolute atomic E-state index is 13.1. The first-order valence-electron chi connectivity index (χ1n) is 6.77. The molecule has 0 aromatic carbocycles. The number of hydrogen-bond donors (Lipinski definition) is 1. The summed E-state index contributed by atoms with van der Waals surface area (Å²) in [6.07, 6.45) is -1.85. The molecule has 19 heavy (non-hydrogen) atoms. The summed E-state index contributed by atoms with van der Waals surface area (Å²) in [7, 11) is 0. The lowest BCUT2D eigenvalue weighted by atomic mass is 9.78. The zero-order valence-corrected chi connectivity index (χ0v) is 10.6. The fraction of sp³-hybridized carbons (Fsp3) is 0.833. The fourth-order valence-corrected chi connectivity index (χ4v) is 3.22. The van der Waals surface area contributed by atoms with E-state index in [9.17, 15) is 13.2 Å². The van der Waals surface area contributed by atoms with Gasteiger partial charge in [-0.1, -0.05) is 12.8 Å². The van der Waals surface area contributed by atoms with Gasteiger partial charge in [0.05, 0.1) is 12.5 Å². The molecule has 2 unspecified atom stereocenters. The molecule has 1 saturated carbocycles. The van der Waals surface area contributed by atoms with Crippen molar-refractivity contribution < 1.29 is 13.2 Å². The van der Waals surface area contributed by atoms with Crippen LogP contribution < -0.4 is 5.32 Å². The third-order valence-electron chi connectivity index (χ3n) is 4.17. The van der Waals surface area contributed by atoms with Crippen LogP contribution in [-0.2, 0) is 13.1 Å². The van der Waals surface area contributed by atoms with Crippen LogP contribution in [0.4, 0.5) is 13.2 Å². The van der Waals surface area contributed by atoms with Crippen molar-refractivity contribution >= 4 is 0 Å². The highest BCUT2D eigenvalue weighted by Gasteiger charge is 2.47. The second kappa shape index (κ2) is 4.77. The number of nitrogens with one attached hydrogen (secondary N) is 1. The molecule has 1 N–H and O–H groups in total. The van der Waals surface area contributed by atoms with Gasteiger partial charge in [-0.15, -0.1) is 10.2 Å². The average molecular weight is 274 g/mol. The lowest BCUT2D eigenvalue weighted by Crippen LogP contribution is -2.35.